The number of nitrogens with zero attached hydrogens (tertiary/aromatic N) is 2. The molecular formula is C20H27N3O4. The largest absolute Gasteiger partial charge is 0.488 e. The molecule has 2 aromatic rings. The minimum absolute atomic E-state index is 0.282. The Bertz CT molecular complexity index is 755. The van der Waals surface area contributed by atoms with E-state index >= 15 is 0 Å². The summed E-state index contributed by atoms with van der Waals surface area (Å²) in [4.78, 5) is 20.3. The second-order valence-electron chi connectivity index (χ2n) is 7.03. The summed E-state index contributed by atoms with van der Waals surface area (Å²) in [6, 6.07) is 5.69. The van der Waals surface area contributed by atoms with Gasteiger partial charge in [-0.15, -0.1) is 0 Å². The number of hydrogen-bond donors (Lipinski definition) is 1. The van der Waals surface area contributed by atoms with Crippen molar-refractivity contribution in [1.29, 1.82) is 0 Å². The van der Waals surface area contributed by atoms with E-state index in [1.54, 1.807) is 18.5 Å². The molecule has 2 rings (SSSR count). The van der Waals surface area contributed by atoms with Crippen LogP contribution in [0, 0.1) is 6.92 Å². The zero-order chi connectivity index (χ0) is 19.9. The Morgan fingerprint density at radius 1 is 1.11 bits per heavy atom. The van der Waals surface area contributed by atoms with Gasteiger partial charge in [-0.2, -0.15) is 0 Å². The Hall–Kier alpha value is -2.83. The van der Waals surface area contributed by atoms with Gasteiger partial charge in [0.25, 0.3) is 5.88 Å². The van der Waals surface area contributed by atoms with Crippen molar-refractivity contribution in [3.63, 3.8) is 0 Å². The van der Waals surface area contributed by atoms with Gasteiger partial charge < -0.3 is 19.5 Å². The standard InChI is InChI=1S/C20H27N3O4/c1-6-25-17-9-16(12-23-19(24)27-20(3,4)5)11-22-18(17)26-13-15-8-7-14(2)21-10-15/h7-11H,6,12-13H2,1-5H3,(H,23,24). The van der Waals surface area contributed by atoms with E-state index in [1.807, 2.05) is 46.8 Å². The summed E-state index contributed by atoms with van der Waals surface area (Å²) in [5.41, 5.74) is 2.14. The van der Waals surface area contributed by atoms with E-state index in [4.69, 9.17) is 14.2 Å². The summed E-state index contributed by atoms with van der Waals surface area (Å²) in [6.45, 7) is 10.4. The van der Waals surface area contributed by atoms with E-state index < -0.39 is 11.7 Å². The van der Waals surface area contributed by atoms with Crippen molar-refractivity contribution in [3.8, 4) is 11.6 Å². The number of rotatable bonds is 7. The van der Waals surface area contributed by atoms with Crippen molar-refractivity contribution in [3.05, 3.63) is 47.4 Å². The molecule has 0 saturated carbocycles. The number of aryl methyl sites for hydroxylation is 1. The van der Waals surface area contributed by atoms with Gasteiger partial charge in [0.15, 0.2) is 5.75 Å². The van der Waals surface area contributed by atoms with E-state index in [0.29, 0.717) is 24.8 Å². The van der Waals surface area contributed by atoms with Crippen LogP contribution in [0.15, 0.2) is 30.6 Å². The molecule has 146 valence electrons. The summed E-state index contributed by atoms with van der Waals surface area (Å²) < 4.78 is 16.6. The molecule has 0 aliphatic carbocycles. The highest BCUT2D eigenvalue weighted by Crippen LogP contribution is 2.26. The summed E-state index contributed by atoms with van der Waals surface area (Å²) in [6.07, 6.45) is 2.94. The Balaban J connectivity index is 2.00. The van der Waals surface area contributed by atoms with Crippen LogP contribution in [0.5, 0.6) is 11.6 Å². The third-order valence-electron chi connectivity index (χ3n) is 3.36. The van der Waals surface area contributed by atoms with Gasteiger partial charge in [-0.05, 0) is 52.3 Å². The van der Waals surface area contributed by atoms with Crippen LogP contribution in [-0.2, 0) is 17.9 Å². The van der Waals surface area contributed by atoms with Gasteiger partial charge in [0, 0.05) is 30.2 Å². The molecule has 0 unspecified atom stereocenters. The fourth-order valence-corrected chi connectivity index (χ4v) is 2.16. The minimum Gasteiger partial charge on any atom is -0.488 e. The normalized spacial score (nSPS) is 11.0. The zero-order valence-corrected chi connectivity index (χ0v) is 16.5. The second kappa shape index (κ2) is 9.21. The first-order valence-electron chi connectivity index (χ1n) is 8.89. The third kappa shape index (κ3) is 7.13. The highest BCUT2D eigenvalue weighted by molar-refractivity contribution is 5.67. The van der Waals surface area contributed by atoms with E-state index in [9.17, 15) is 4.79 Å². The minimum atomic E-state index is -0.540. The predicted molar refractivity (Wildman–Crippen MR) is 102 cm³/mol. The molecule has 7 heteroatoms. The Morgan fingerprint density at radius 2 is 1.85 bits per heavy atom. The van der Waals surface area contributed by atoms with Crippen molar-refractivity contribution in [2.24, 2.45) is 0 Å². The van der Waals surface area contributed by atoms with Crippen LogP contribution in [0.25, 0.3) is 0 Å². The highest BCUT2D eigenvalue weighted by Gasteiger charge is 2.16. The lowest BCUT2D eigenvalue weighted by molar-refractivity contribution is 0.0523. The third-order valence-corrected chi connectivity index (χ3v) is 3.36. The Labute approximate surface area is 160 Å². The maximum absolute atomic E-state index is 11.8. The molecule has 0 aliphatic rings. The molecular weight excluding hydrogens is 346 g/mol. The summed E-state index contributed by atoms with van der Waals surface area (Å²) in [7, 11) is 0. The van der Waals surface area contributed by atoms with Crippen LogP contribution in [0.3, 0.4) is 0 Å². The van der Waals surface area contributed by atoms with Crippen LogP contribution in [0.1, 0.15) is 44.5 Å². The van der Waals surface area contributed by atoms with Gasteiger partial charge in [0.2, 0.25) is 0 Å². The van der Waals surface area contributed by atoms with Crippen LogP contribution >= 0.6 is 0 Å². The maximum atomic E-state index is 11.8. The van der Waals surface area contributed by atoms with Crippen molar-refractivity contribution < 1.29 is 19.0 Å². The molecule has 27 heavy (non-hydrogen) atoms. The van der Waals surface area contributed by atoms with Crippen LogP contribution in [-0.4, -0.2) is 28.3 Å². The molecule has 1 N–H and O–H groups in total. The van der Waals surface area contributed by atoms with E-state index in [1.165, 1.54) is 0 Å². The zero-order valence-electron chi connectivity index (χ0n) is 16.5. The summed E-state index contributed by atoms with van der Waals surface area (Å²) in [5, 5.41) is 2.70. The molecule has 0 bridgehead atoms. The first-order chi connectivity index (χ1) is 12.8. The lowest BCUT2D eigenvalue weighted by atomic mass is 10.2. The first kappa shape index (κ1) is 20.5. The van der Waals surface area contributed by atoms with Gasteiger partial charge in [0.1, 0.15) is 12.2 Å². The Kier molecular flexibility index (Phi) is 6.98. The molecule has 0 aliphatic heterocycles. The summed E-state index contributed by atoms with van der Waals surface area (Å²) in [5.74, 6) is 0.930. The molecule has 7 nitrogen and oxygen atoms in total. The fourth-order valence-electron chi connectivity index (χ4n) is 2.16. The number of carbonyl (C=O) groups is 1. The molecule has 0 saturated heterocycles. The number of ether oxygens (including phenoxy) is 3. The number of hydrogen-bond acceptors (Lipinski definition) is 6. The molecule has 2 heterocycles. The lowest BCUT2D eigenvalue weighted by Crippen LogP contribution is -2.32. The Morgan fingerprint density at radius 3 is 2.48 bits per heavy atom. The lowest BCUT2D eigenvalue weighted by Gasteiger charge is -2.19. The van der Waals surface area contributed by atoms with Gasteiger partial charge >= 0.3 is 6.09 Å². The number of pyridine rings is 2. The van der Waals surface area contributed by atoms with Crippen LogP contribution < -0.4 is 14.8 Å². The average molecular weight is 373 g/mol. The molecule has 0 radical (unpaired) electrons. The average Bonchev–Trinajstić information content (AvgIpc) is 2.59. The van der Waals surface area contributed by atoms with Gasteiger partial charge in [-0.3, -0.25) is 4.98 Å². The SMILES string of the molecule is CCOc1cc(CNC(=O)OC(C)(C)C)cnc1OCc1ccc(C)nc1. The topological polar surface area (TPSA) is 82.6 Å². The van der Waals surface area contributed by atoms with Gasteiger partial charge in [0.05, 0.1) is 6.61 Å². The molecule has 2 aromatic heterocycles. The van der Waals surface area contributed by atoms with Crippen molar-refractivity contribution >= 4 is 6.09 Å². The molecule has 0 fully saturated rings. The van der Waals surface area contributed by atoms with E-state index in [-0.39, 0.29) is 6.54 Å². The fraction of sp³-hybridized carbons (Fsp3) is 0.450. The number of aromatic nitrogens is 2. The van der Waals surface area contributed by atoms with E-state index in [0.717, 1.165) is 16.8 Å². The monoisotopic (exact) mass is 373 g/mol. The quantitative estimate of drug-likeness (QED) is 0.795. The van der Waals surface area contributed by atoms with Gasteiger partial charge in [-0.1, -0.05) is 6.07 Å². The number of alkyl carbamates (subject to hydrolysis) is 1. The van der Waals surface area contributed by atoms with Crippen LogP contribution in [0.4, 0.5) is 4.79 Å². The summed E-state index contributed by atoms with van der Waals surface area (Å²) >= 11 is 0. The predicted octanol–water partition coefficient (Wildman–Crippen LogP) is 3.79. The van der Waals surface area contributed by atoms with Crippen molar-refractivity contribution in [2.75, 3.05) is 6.61 Å². The molecule has 1 amide bonds. The van der Waals surface area contributed by atoms with Crippen molar-refractivity contribution in [2.45, 2.75) is 53.4 Å². The van der Waals surface area contributed by atoms with Crippen LogP contribution in [0.2, 0.25) is 0 Å². The molecule has 0 aromatic carbocycles. The van der Waals surface area contributed by atoms with Crippen molar-refractivity contribution in [1.82, 2.24) is 15.3 Å². The van der Waals surface area contributed by atoms with Gasteiger partial charge in [-0.25, -0.2) is 9.78 Å². The number of amides is 1. The number of carbonyl (C=O) groups excluding carboxylic acids is 1. The maximum Gasteiger partial charge on any atom is 0.407 e. The van der Waals surface area contributed by atoms with E-state index in [2.05, 4.69) is 15.3 Å². The second-order valence-corrected chi connectivity index (χ2v) is 7.03. The number of nitrogens with one attached hydrogen (secondary N) is 1. The molecule has 0 spiro atoms. The first-order valence-corrected chi connectivity index (χ1v) is 8.89. The molecule has 0 atom stereocenters. The highest BCUT2D eigenvalue weighted by atomic mass is 16.6. The smallest absolute Gasteiger partial charge is 0.407 e.